The molecule has 0 aromatic heterocycles. The molecule has 2 rings (SSSR count). The molecule has 0 saturated carbocycles. The average molecular weight is 268 g/mol. The van der Waals surface area contributed by atoms with Crippen molar-refractivity contribution in [2.45, 2.75) is 39.3 Å². The van der Waals surface area contributed by atoms with Crippen LogP contribution in [-0.4, -0.2) is 19.3 Å². The predicted molar refractivity (Wildman–Crippen MR) is 76.0 cm³/mol. The van der Waals surface area contributed by atoms with Gasteiger partial charge in [0.25, 0.3) is 0 Å². The van der Waals surface area contributed by atoms with Crippen LogP contribution < -0.4 is 5.32 Å². The zero-order valence-electron chi connectivity index (χ0n) is 11.2. The van der Waals surface area contributed by atoms with E-state index in [0.717, 1.165) is 36.3 Å². The van der Waals surface area contributed by atoms with Crippen LogP contribution >= 0.6 is 11.6 Å². The third-order valence-electron chi connectivity index (χ3n) is 3.84. The van der Waals surface area contributed by atoms with Gasteiger partial charge in [-0.2, -0.15) is 0 Å². The van der Waals surface area contributed by atoms with Crippen LogP contribution in [0.25, 0.3) is 0 Å². The zero-order chi connectivity index (χ0) is 13.0. The van der Waals surface area contributed by atoms with Gasteiger partial charge < -0.3 is 10.1 Å². The minimum atomic E-state index is 0.536. The molecule has 0 radical (unpaired) electrons. The van der Waals surface area contributed by atoms with E-state index < -0.39 is 0 Å². The molecule has 1 atom stereocenters. The van der Waals surface area contributed by atoms with Gasteiger partial charge in [-0.25, -0.2) is 0 Å². The van der Waals surface area contributed by atoms with Crippen LogP contribution in [0.1, 0.15) is 30.9 Å². The number of hydrogen-bond acceptors (Lipinski definition) is 2. The maximum absolute atomic E-state index is 6.13. The van der Waals surface area contributed by atoms with Crippen molar-refractivity contribution in [2.75, 3.05) is 13.2 Å². The Balaban J connectivity index is 1.84. The maximum Gasteiger partial charge on any atom is 0.0469 e. The van der Waals surface area contributed by atoms with Crippen molar-refractivity contribution in [1.82, 2.24) is 5.32 Å². The van der Waals surface area contributed by atoms with Crippen molar-refractivity contribution in [3.8, 4) is 0 Å². The van der Waals surface area contributed by atoms with Crippen LogP contribution in [0, 0.1) is 12.8 Å². The average Bonchev–Trinajstić information content (AvgIpc) is 2.41. The van der Waals surface area contributed by atoms with Gasteiger partial charge in [0.05, 0.1) is 0 Å². The van der Waals surface area contributed by atoms with Gasteiger partial charge in [0, 0.05) is 30.8 Å². The molecule has 18 heavy (non-hydrogen) atoms. The van der Waals surface area contributed by atoms with E-state index in [9.17, 15) is 0 Å². The van der Waals surface area contributed by atoms with Gasteiger partial charge >= 0.3 is 0 Å². The smallest absolute Gasteiger partial charge is 0.0469 e. The number of nitrogens with one attached hydrogen (secondary N) is 1. The van der Waals surface area contributed by atoms with Gasteiger partial charge in [-0.05, 0) is 49.8 Å². The molecule has 2 nitrogen and oxygen atoms in total. The standard InChI is InChI=1S/C15H22ClNO/c1-11-3-4-13(9-15(11)16)10-17-12(2)14-5-7-18-8-6-14/h3-4,9,12,14,17H,5-8,10H2,1-2H3. The molecule has 1 aromatic carbocycles. The first-order chi connectivity index (χ1) is 8.66. The van der Waals surface area contributed by atoms with Crippen LogP contribution in [0.2, 0.25) is 5.02 Å². The Kier molecular flexibility index (Phi) is 5.04. The molecule has 1 aromatic rings. The number of hydrogen-bond donors (Lipinski definition) is 1. The summed E-state index contributed by atoms with van der Waals surface area (Å²) in [6, 6.07) is 6.82. The van der Waals surface area contributed by atoms with Crippen LogP contribution in [0.4, 0.5) is 0 Å². The summed E-state index contributed by atoms with van der Waals surface area (Å²) >= 11 is 6.13. The van der Waals surface area contributed by atoms with Gasteiger partial charge in [0.15, 0.2) is 0 Å². The Morgan fingerprint density at radius 2 is 2.11 bits per heavy atom. The lowest BCUT2D eigenvalue weighted by atomic mass is 9.93. The fourth-order valence-corrected chi connectivity index (χ4v) is 2.61. The summed E-state index contributed by atoms with van der Waals surface area (Å²) in [5, 5.41) is 4.46. The van der Waals surface area contributed by atoms with Crippen LogP contribution in [-0.2, 0) is 11.3 Å². The summed E-state index contributed by atoms with van der Waals surface area (Å²) in [7, 11) is 0. The Morgan fingerprint density at radius 3 is 2.78 bits per heavy atom. The van der Waals surface area contributed by atoms with Gasteiger partial charge in [-0.1, -0.05) is 23.7 Å². The first-order valence-corrected chi connectivity index (χ1v) is 7.11. The second-order valence-electron chi connectivity index (χ2n) is 5.20. The Bertz CT molecular complexity index is 388. The van der Waals surface area contributed by atoms with Crippen LogP contribution in [0.5, 0.6) is 0 Å². The maximum atomic E-state index is 6.13. The highest BCUT2D eigenvalue weighted by Gasteiger charge is 2.19. The number of rotatable bonds is 4. The Morgan fingerprint density at radius 1 is 1.39 bits per heavy atom. The summed E-state index contributed by atoms with van der Waals surface area (Å²) in [4.78, 5) is 0. The summed E-state index contributed by atoms with van der Waals surface area (Å²) in [5.74, 6) is 0.736. The van der Waals surface area contributed by atoms with Gasteiger partial charge in [0.1, 0.15) is 0 Å². The first kappa shape index (κ1) is 13.9. The van der Waals surface area contributed by atoms with E-state index in [4.69, 9.17) is 16.3 Å². The molecule has 0 bridgehead atoms. The molecule has 1 aliphatic rings. The normalized spacial score (nSPS) is 18.8. The van der Waals surface area contributed by atoms with E-state index in [1.165, 1.54) is 18.4 Å². The molecular formula is C15H22ClNO. The van der Waals surface area contributed by atoms with Gasteiger partial charge in [0.2, 0.25) is 0 Å². The largest absolute Gasteiger partial charge is 0.381 e. The first-order valence-electron chi connectivity index (χ1n) is 6.73. The lowest BCUT2D eigenvalue weighted by molar-refractivity contribution is 0.0558. The summed E-state index contributed by atoms with van der Waals surface area (Å²) in [6.45, 7) is 7.01. The van der Waals surface area contributed by atoms with E-state index in [-0.39, 0.29) is 0 Å². The van der Waals surface area contributed by atoms with Crippen molar-refractivity contribution in [3.63, 3.8) is 0 Å². The molecule has 1 saturated heterocycles. The third-order valence-corrected chi connectivity index (χ3v) is 4.24. The minimum Gasteiger partial charge on any atom is -0.381 e. The molecule has 1 aliphatic heterocycles. The lowest BCUT2D eigenvalue weighted by Gasteiger charge is -2.28. The zero-order valence-corrected chi connectivity index (χ0v) is 12.0. The fourth-order valence-electron chi connectivity index (χ4n) is 2.41. The molecule has 0 spiro atoms. The van der Waals surface area contributed by atoms with Gasteiger partial charge in [-0.3, -0.25) is 0 Å². The molecule has 0 amide bonds. The third kappa shape index (κ3) is 3.71. The molecule has 3 heteroatoms. The molecule has 1 unspecified atom stereocenters. The van der Waals surface area contributed by atoms with Crippen LogP contribution in [0.3, 0.4) is 0 Å². The SMILES string of the molecule is Cc1ccc(CNC(C)C2CCOCC2)cc1Cl. The topological polar surface area (TPSA) is 21.3 Å². The van der Waals surface area contributed by atoms with Crippen molar-refractivity contribution in [3.05, 3.63) is 34.3 Å². The van der Waals surface area contributed by atoms with E-state index in [1.54, 1.807) is 0 Å². The molecular weight excluding hydrogens is 246 g/mol. The molecule has 100 valence electrons. The fraction of sp³-hybridized carbons (Fsp3) is 0.600. The Hall–Kier alpha value is -0.570. The second-order valence-corrected chi connectivity index (χ2v) is 5.61. The van der Waals surface area contributed by atoms with E-state index in [0.29, 0.717) is 6.04 Å². The van der Waals surface area contributed by atoms with E-state index >= 15 is 0 Å². The number of ether oxygens (including phenoxy) is 1. The molecule has 1 heterocycles. The molecule has 1 N–H and O–H groups in total. The van der Waals surface area contributed by atoms with Crippen molar-refractivity contribution >= 4 is 11.6 Å². The highest BCUT2D eigenvalue weighted by atomic mass is 35.5. The predicted octanol–water partition coefficient (Wildman–Crippen LogP) is 3.55. The second kappa shape index (κ2) is 6.55. The van der Waals surface area contributed by atoms with Crippen molar-refractivity contribution < 1.29 is 4.74 Å². The highest BCUT2D eigenvalue weighted by molar-refractivity contribution is 6.31. The van der Waals surface area contributed by atoms with Gasteiger partial charge in [-0.15, -0.1) is 0 Å². The van der Waals surface area contributed by atoms with Crippen molar-refractivity contribution in [2.24, 2.45) is 5.92 Å². The molecule has 1 fully saturated rings. The number of halogens is 1. The summed E-state index contributed by atoms with van der Waals surface area (Å²) < 4.78 is 5.40. The lowest BCUT2D eigenvalue weighted by Crippen LogP contribution is -2.36. The van der Waals surface area contributed by atoms with E-state index in [1.807, 2.05) is 6.92 Å². The highest BCUT2D eigenvalue weighted by Crippen LogP contribution is 2.20. The molecule has 0 aliphatic carbocycles. The van der Waals surface area contributed by atoms with Crippen molar-refractivity contribution in [1.29, 1.82) is 0 Å². The quantitative estimate of drug-likeness (QED) is 0.901. The van der Waals surface area contributed by atoms with E-state index in [2.05, 4.69) is 30.4 Å². The number of benzene rings is 1. The number of aryl methyl sites for hydroxylation is 1. The summed E-state index contributed by atoms with van der Waals surface area (Å²) in [5.41, 5.74) is 2.39. The minimum absolute atomic E-state index is 0.536. The van der Waals surface area contributed by atoms with Crippen LogP contribution in [0.15, 0.2) is 18.2 Å². The summed E-state index contributed by atoms with van der Waals surface area (Å²) in [6.07, 6.45) is 2.34. The monoisotopic (exact) mass is 267 g/mol. The Labute approximate surface area is 115 Å².